The molecule has 0 spiro atoms. The van der Waals surface area contributed by atoms with Gasteiger partial charge in [0.2, 0.25) is 10.0 Å². The molecule has 1 saturated carbocycles. The number of hydrogen-bond acceptors (Lipinski definition) is 5. The van der Waals surface area contributed by atoms with Crippen molar-refractivity contribution in [1.29, 1.82) is 0 Å². The van der Waals surface area contributed by atoms with Crippen molar-refractivity contribution in [2.24, 2.45) is 0 Å². The summed E-state index contributed by atoms with van der Waals surface area (Å²) in [7, 11) is -1.93. The lowest BCUT2D eigenvalue weighted by Gasteiger charge is -2.23. The first-order chi connectivity index (χ1) is 15.3. The summed E-state index contributed by atoms with van der Waals surface area (Å²) in [5.41, 5.74) is 4.56. The van der Waals surface area contributed by atoms with Crippen molar-refractivity contribution in [2.75, 3.05) is 12.4 Å². The van der Waals surface area contributed by atoms with Crippen LogP contribution in [0.4, 0.5) is 5.13 Å². The number of thiazole rings is 1. The van der Waals surface area contributed by atoms with E-state index in [1.54, 1.807) is 19.2 Å². The Hall–Kier alpha value is -2.55. The lowest BCUT2D eigenvalue weighted by atomic mass is 10.0. The molecule has 0 radical (unpaired) electrons. The smallest absolute Gasteiger partial charge is 0.257 e. The number of hydrogen-bond donors (Lipinski definition) is 1. The third kappa shape index (κ3) is 4.62. The average molecular weight is 470 g/mol. The van der Waals surface area contributed by atoms with Crippen molar-refractivity contribution in [1.82, 2.24) is 9.29 Å². The number of sulfonamides is 1. The molecule has 1 aliphatic carbocycles. The number of nitrogens with zero attached hydrogens (tertiary/aromatic N) is 2. The maximum Gasteiger partial charge on any atom is 0.257 e. The number of carbonyl (C=O) groups excluding carboxylic acids is 1. The molecule has 1 fully saturated rings. The lowest BCUT2D eigenvalue weighted by Crippen LogP contribution is -2.35. The van der Waals surface area contributed by atoms with Crippen LogP contribution in [0.5, 0.6) is 0 Å². The Morgan fingerprint density at radius 3 is 2.44 bits per heavy atom. The predicted octanol–water partition coefficient (Wildman–Crippen LogP) is 5.24. The molecular formula is C24H27N3O3S2. The molecule has 1 aromatic heterocycles. The van der Waals surface area contributed by atoms with E-state index in [-0.39, 0.29) is 16.8 Å². The van der Waals surface area contributed by atoms with Crippen LogP contribution in [0.3, 0.4) is 0 Å². The Morgan fingerprint density at radius 2 is 1.78 bits per heavy atom. The highest BCUT2D eigenvalue weighted by Gasteiger charge is 2.30. The predicted molar refractivity (Wildman–Crippen MR) is 129 cm³/mol. The van der Waals surface area contributed by atoms with E-state index in [9.17, 15) is 13.2 Å². The van der Waals surface area contributed by atoms with Crippen molar-refractivity contribution < 1.29 is 13.2 Å². The van der Waals surface area contributed by atoms with Crippen LogP contribution >= 0.6 is 11.3 Å². The summed E-state index contributed by atoms with van der Waals surface area (Å²) >= 11 is 1.36. The number of aryl methyl sites for hydroxylation is 2. The van der Waals surface area contributed by atoms with E-state index in [2.05, 4.69) is 16.4 Å². The molecule has 1 N–H and O–H groups in total. The first-order valence-electron chi connectivity index (χ1n) is 10.7. The van der Waals surface area contributed by atoms with Crippen LogP contribution in [-0.2, 0) is 10.0 Å². The van der Waals surface area contributed by atoms with E-state index < -0.39 is 10.0 Å². The summed E-state index contributed by atoms with van der Waals surface area (Å²) in [5, 5.41) is 5.23. The number of carbonyl (C=O) groups is 1. The van der Waals surface area contributed by atoms with Gasteiger partial charge in [0.05, 0.1) is 10.6 Å². The third-order valence-corrected chi connectivity index (χ3v) is 8.70. The van der Waals surface area contributed by atoms with Crippen LogP contribution in [0.25, 0.3) is 11.3 Å². The van der Waals surface area contributed by atoms with Gasteiger partial charge < -0.3 is 0 Å². The minimum Gasteiger partial charge on any atom is -0.298 e. The molecule has 8 heteroatoms. The maximum atomic E-state index is 12.9. The van der Waals surface area contributed by atoms with Crippen LogP contribution in [0.1, 0.15) is 47.2 Å². The molecule has 1 heterocycles. The molecule has 0 bridgehead atoms. The van der Waals surface area contributed by atoms with E-state index in [1.165, 1.54) is 33.3 Å². The highest BCUT2D eigenvalue weighted by atomic mass is 32.2. The molecule has 0 unspecified atom stereocenters. The summed E-state index contributed by atoms with van der Waals surface area (Å²) in [5.74, 6) is -0.320. The second-order valence-electron chi connectivity index (χ2n) is 8.29. The fraction of sp³-hybridized carbons (Fsp3) is 0.333. The molecule has 0 aliphatic heterocycles. The fourth-order valence-corrected chi connectivity index (χ4v) is 6.26. The highest BCUT2D eigenvalue weighted by molar-refractivity contribution is 7.89. The van der Waals surface area contributed by atoms with Gasteiger partial charge in [-0.25, -0.2) is 13.4 Å². The molecule has 4 rings (SSSR count). The van der Waals surface area contributed by atoms with Gasteiger partial charge in [-0.3, -0.25) is 10.1 Å². The molecule has 3 aromatic rings. The second kappa shape index (κ2) is 9.13. The normalized spacial score (nSPS) is 14.8. The molecule has 1 amide bonds. The molecule has 2 aromatic carbocycles. The number of aromatic nitrogens is 1. The van der Waals surface area contributed by atoms with Crippen molar-refractivity contribution in [3.8, 4) is 11.3 Å². The molecule has 6 nitrogen and oxygen atoms in total. The number of nitrogens with one attached hydrogen (secondary N) is 1. The number of amides is 1. The zero-order valence-corrected chi connectivity index (χ0v) is 20.1. The van der Waals surface area contributed by atoms with E-state index in [0.717, 1.165) is 42.5 Å². The van der Waals surface area contributed by atoms with Gasteiger partial charge in [0, 0.05) is 29.6 Å². The van der Waals surface area contributed by atoms with E-state index in [1.807, 2.05) is 31.4 Å². The Bertz CT molecular complexity index is 1230. The molecule has 32 heavy (non-hydrogen) atoms. The van der Waals surface area contributed by atoms with Gasteiger partial charge in [-0.15, -0.1) is 11.3 Å². The molecular weight excluding hydrogens is 442 g/mol. The molecule has 0 atom stereocenters. The lowest BCUT2D eigenvalue weighted by molar-refractivity contribution is 0.102. The van der Waals surface area contributed by atoms with Gasteiger partial charge in [0.25, 0.3) is 5.91 Å². The zero-order chi connectivity index (χ0) is 22.9. The number of rotatable bonds is 6. The summed E-state index contributed by atoms with van der Waals surface area (Å²) in [6, 6.07) is 12.3. The summed E-state index contributed by atoms with van der Waals surface area (Å²) in [6.07, 6.45) is 3.92. The van der Waals surface area contributed by atoms with Gasteiger partial charge in [0.15, 0.2) is 5.13 Å². The van der Waals surface area contributed by atoms with Crippen molar-refractivity contribution in [2.45, 2.75) is 50.5 Å². The Kier molecular flexibility index (Phi) is 6.46. The van der Waals surface area contributed by atoms with Gasteiger partial charge >= 0.3 is 0 Å². The van der Waals surface area contributed by atoms with Crippen LogP contribution in [-0.4, -0.2) is 36.7 Å². The third-order valence-electron chi connectivity index (χ3n) is 6.01. The van der Waals surface area contributed by atoms with Gasteiger partial charge in [-0.2, -0.15) is 4.31 Å². The molecule has 168 valence electrons. The number of anilines is 1. The SMILES string of the molecule is Cc1ccc(-c2csc(NC(=O)c3ccc(S(=O)(=O)N(C)C4CCCC4)cc3)n2)c(C)c1. The van der Waals surface area contributed by atoms with Crippen molar-refractivity contribution in [3.05, 3.63) is 64.5 Å². The quantitative estimate of drug-likeness (QED) is 0.535. The van der Waals surface area contributed by atoms with E-state index in [0.29, 0.717) is 10.7 Å². The largest absolute Gasteiger partial charge is 0.298 e. The standard InChI is InChI=1S/C24H27N3O3S2/c1-16-8-13-21(17(2)14-16)22-15-31-24(25-22)26-23(28)18-9-11-20(12-10-18)32(29,30)27(3)19-6-4-5-7-19/h8-15,19H,4-7H2,1-3H3,(H,25,26,28). The Morgan fingerprint density at radius 1 is 1.09 bits per heavy atom. The Balaban J connectivity index is 1.46. The fourth-order valence-electron chi connectivity index (χ4n) is 4.13. The highest BCUT2D eigenvalue weighted by Crippen LogP contribution is 2.29. The van der Waals surface area contributed by atoms with E-state index >= 15 is 0 Å². The summed E-state index contributed by atoms with van der Waals surface area (Å²) < 4.78 is 27.3. The molecule has 0 saturated heterocycles. The summed E-state index contributed by atoms with van der Waals surface area (Å²) in [4.78, 5) is 17.4. The summed E-state index contributed by atoms with van der Waals surface area (Å²) in [6.45, 7) is 4.09. The monoisotopic (exact) mass is 469 g/mol. The molecule has 1 aliphatic rings. The van der Waals surface area contributed by atoms with Gasteiger partial charge in [0.1, 0.15) is 0 Å². The topological polar surface area (TPSA) is 79.4 Å². The van der Waals surface area contributed by atoms with Crippen LogP contribution in [0, 0.1) is 13.8 Å². The minimum absolute atomic E-state index is 0.0549. The Labute approximate surface area is 193 Å². The average Bonchev–Trinajstić information content (AvgIpc) is 3.46. The van der Waals surface area contributed by atoms with E-state index in [4.69, 9.17) is 0 Å². The van der Waals surface area contributed by atoms with Crippen molar-refractivity contribution >= 4 is 32.4 Å². The first-order valence-corrected chi connectivity index (χ1v) is 13.0. The zero-order valence-electron chi connectivity index (χ0n) is 18.5. The minimum atomic E-state index is -3.57. The van der Waals surface area contributed by atoms with Crippen LogP contribution in [0.2, 0.25) is 0 Å². The van der Waals surface area contributed by atoms with Crippen LogP contribution in [0.15, 0.2) is 52.7 Å². The van der Waals surface area contributed by atoms with Crippen molar-refractivity contribution in [3.63, 3.8) is 0 Å². The second-order valence-corrected chi connectivity index (χ2v) is 11.1. The first kappa shape index (κ1) is 22.6. The van der Waals surface area contributed by atoms with Gasteiger partial charge in [-0.05, 0) is 56.5 Å². The van der Waals surface area contributed by atoms with Gasteiger partial charge in [-0.1, -0.05) is 36.6 Å². The maximum absolute atomic E-state index is 12.9. The van der Waals surface area contributed by atoms with Crippen LogP contribution < -0.4 is 5.32 Å². The number of benzene rings is 2.